The van der Waals surface area contributed by atoms with Crippen LogP contribution in [0.1, 0.15) is 36.0 Å². The molecule has 1 aliphatic carbocycles. The number of nitrogens with zero attached hydrogens (tertiary/aromatic N) is 2. The number of rotatable bonds is 2. The van der Waals surface area contributed by atoms with Gasteiger partial charge in [0, 0.05) is 23.4 Å². The minimum absolute atomic E-state index is 0. The molecule has 0 aromatic heterocycles. The van der Waals surface area contributed by atoms with Crippen LogP contribution in [0.3, 0.4) is 0 Å². The second-order valence-corrected chi connectivity index (χ2v) is 8.11. The van der Waals surface area contributed by atoms with Gasteiger partial charge in [-0.05, 0) is 45.6 Å². The average molecular weight is 530 g/mol. The minimum Gasteiger partial charge on any atom is -0.657 e. The van der Waals surface area contributed by atoms with Crippen LogP contribution < -0.4 is 0 Å². The average Bonchev–Trinajstić information content (AvgIpc) is 2.71. The number of benzene rings is 2. The van der Waals surface area contributed by atoms with Crippen LogP contribution in [0.25, 0.3) is 16.1 Å². The van der Waals surface area contributed by atoms with Crippen LogP contribution >= 0.6 is 15.9 Å². The number of fused-ring (bicyclic) bond motifs is 2. The number of halogens is 1. The minimum atomic E-state index is -1.14. The fourth-order valence-corrected chi connectivity index (χ4v) is 4.72. The van der Waals surface area contributed by atoms with Crippen LogP contribution in [0.4, 0.5) is 0 Å². The first-order chi connectivity index (χ1) is 13.8. The number of hydrogen-bond acceptors (Lipinski definition) is 5. The number of phenols is 1. The van der Waals surface area contributed by atoms with Gasteiger partial charge in [0.2, 0.25) is 6.04 Å². The van der Waals surface area contributed by atoms with Crippen molar-refractivity contribution in [1.29, 1.82) is 0 Å². The Morgan fingerprint density at radius 3 is 2.60 bits per heavy atom. The predicted molar refractivity (Wildman–Crippen MR) is 111 cm³/mol. The molecule has 166 valence electrons. The number of aliphatic hydroxyl groups is 1. The number of aromatic carboxylic acids is 1. The van der Waals surface area contributed by atoms with E-state index in [1.807, 2.05) is 18.2 Å². The van der Waals surface area contributed by atoms with Gasteiger partial charge in [-0.1, -0.05) is 30.7 Å². The van der Waals surface area contributed by atoms with Gasteiger partial charge in [-0.3, -0.25) is 10.1 Å². The Labute approximate surface area is 192 Å². The molecule has 0 spiro atoms. The van der Waals surface area contributed by atoms with E-state index < -0.39 is 18.1 Å². The van der Waals surface area contributed by atoms with Crippen LogP contribution in [0.15, 0.2) is 34.8 Å². The van der Waals surface area contributed by atoms with Gasteiger partial charge in [-0.15, -0.1) is 12.6 Å². The molecule has 2 aromatic rings. The SMILES string of the molecule is O=C(O)c1cc2ccccc2c(Br)c1O.O=[N+]([O-])C1CCC(O)C2[N-]CCCC21.[Cu+]. The molecule has 1 saturated carbocycles. The molecule has 2 aromatic carbocycles. The van der Waals surface area contributed by atoms with E-state index in [-0.39, 0.29) is 45.3 Å². The molecule has 4 atom stereocenters. The number of aromatic hydroxyl groups is 1. The number of carboxylic acids is 1. The molecule has 1 heterocycles. The van der Waals surface area contributed by atoms with E-state index in [0.29, 0.717) is 17.3 Å². The topological polar surface area (TPSA) is 135 Å². The van der Waals surface area contributed by atoms with E-state index in [0.717, 1.165) is 30.2 Å². The predicted octanol–water partition coefficient (Wildman–Crippen LogP) is 3.94. The molecule has 1 saturated heterocycles. The second kappa shape index (κ2) is 10.5. The van der Waals surface area contributed by atoms with E-state index in [9.17, 15) is 25.1 Å². The maximum atomic E-state index is 10.8. The molecule has 4 unspecified atom stereocenters. The molecule has 1 aliphatic heterocycles. The summed E-state index contributed by atoms with van der Waals surface area (Å²) in [6, 6.07) is 8.05. The van der Waals surface area contributed by atoms with E-state index in [1.54, 1.807) is 6.07 Å². The fourth-order valence-electron chi connectivity index (χ4n) is 4.14. The molecule has 4 rings (SSSR count). The van der Waals surface area contributed by atoms with Crippen molar-refractivity contribution >= 4 is 32.7 Å². The van der Waals surface area contributed by atoms with Gasteiger partial charge in [0.15, 0.2) is 0 Å². The molecule has 2 aliphatic rings. The van der Waals surface area contributed by atoms with E-state index >= 15 is 0 Å². The van der Waals surface area contributed by atoms with E-state index in [1.165, 1.54) is 6.07 Å². The fraction of sp³-hybridized carbons (Fsp3) is 0.450. The summed E-state index contributed by atoms with van der Waals surface area (Å²) in [5.74, 6) is -1.40. The second-order valence-electron chi connectivity index (χ2n) is 7.31. The number of aliphatic hydroxyl groups excluding tert-OH is 1. The summed E-state index contributed by atoms with van der Waals surface area (Å²) < 4.78 is 0.415. The van der Waals surface area contributed by atoms with Gasteiger partial charge in [0.05, 0.1) is 4.47 Å². The van der Waals surface area contributed by atoms with Gasteiger partial charge in [-0.25, -0.2) is 4.79 Å². The van der Waals surface area contributed by atoms with Crippen LogP contribution in [0.2, 0.25) is 0 Å². The molecule has 30 heavy (non-hydrogen) atoms. The number of nitro groups is 1. The van der Waals surface area contributed by atoms with Gasteiger partial charge in [0.25, 0.3) is 0 Å². The van der Waals surface area contributed by atoms with Crippen LogP contribution in [0, 0.1) is 16.0 Å². The molecule has 3 N–H and O–H groups in total. The summed E-state index contributed by atoms with van der Waals surface area (Å²) in [7, 11) is 0. The summed E-state index contributed by atoms with van der Waals surface area (Å²) in [4.78, 5) is 21.4. The molecule has 0 amide bonds. The molecule has 0 bridgehead atoms. The third kappa shape index (κ3) is 5.12. The smallest absolute Gasteiger partial charge is 0.657 e. The maximum absolute atomic E-state index is 10.8. The van der Waals surface area contributed by atoms with Crippen molar-refractivity contribution in [2.24, 2.45) is 5.92 Å². The van der Waals surface area contributed by atoms with Crippen LogP contribution in [-0.4, -0.2) is 50.9 Å². The first-order valence-corrected chi connectivity index (χ1v) is 10.2. The number of carboxylic acid groups (broad SMARTS) is 1. The third-order valence-electron chi connectivity index (χ3n) is 5.58. The quantitative estimate of drug-likeness (QED) is 0.306. The van der Waals surface area contributed by atoms with Crippen molar-refractivity contribution in [2.45, 2.75) is 43.9 Å². The third-order valence-corrected chi connectivity index (χ3v) is 6.38. The van der Waals surface area contributed by atoms with Crippen LogP contribution in [0.5, 0.6) is 5.75 Å². The number of carbonyl (C=O) groups is 1. The Morgan fingerprint density at radius 2 is 1.93 bits per heavy atom. The summed E-state index contributed by atoms with van der Waals surface area (Å²) >= 11 is 3.19. The zero-order valence-corrected chi connectivity index (χ0v) is 18.4. The van der Waals surface area contributed by atoms with Crippen molar-refractivity contribution in [3.63, 3.8) is 0 Å². The largest absolute Gasteiger partial charge is 1.00 e. The van der Waals surface area contributed by atoms with E-state index in [4.69, 9.17) is 5.11 Å². The molecule has 0 radical (unpaired) electrons. The normalized spacial score (nSPS) is 25.3. The van der Waals surface area contributed by atoms with Crippen molar-refractivity contribution < 1.29 is 42.1 Å². The van der Waals surface area contributed by atoms with Crippen molar-refractivity contribution in [3.05, 3.63) is 55.8 Å². The van der Waals surface area contributed by atoms with E-state index in [2.05, 4.69) is 21.2 Å². The Kier molecular flexibility index (Phi) is 8.63. The Morgan fingerprint density at radius 1 is 1.23 bits per heavy atom. The summed E-state index contributed by atoms with van der Waals surface area (Å²) in [6.45, 7) is 0.753. The van der Waals surface area contributed by atoms with Crippen molar-refractivity contribution in [2.75, 3.05) is 6.54 Å². The summed E-state index contributed by atoms with van der Waals surface area (Å²) in [5.41, 5.74) is -0.0967. The molecule has 2 fully saturated rings. The molecular weight excluding hydrogens is 508 g/mol. The Bertz CT molecular complexity index is 928. The molecule has 8 nitrogen and oxygen atoms in total. The number of hydrogen-bond donors (Lipinski definition) is 3. The van der Waals surface area contributed by atoms with Crippen molar-refractivity contribution in [3.8, 4) is 5.75 Å². The number of piperidine rings is 1. The van der Waals surface area contributed by atoms with Crippen LogP contribution in [-0.2, 0) is 17.1 Å². The monoisotopic (exact) mass is 528 g/mol. The standard InChI is InChI=1S/C11H7BrO3.C9H15N2O3.Cu/c12-9-7-4-2-1-3-6(7)5-8(10(9)13)11(14)15;12-8-4-3-7(11(13)14)6-2-1-5-10-9(6)8;/h1-5,13H,(H,14,15);6-9,12H,1-5H2;/q;-1;+1. The van der Waals surface area contributed by atoms with Gasteiger partial charge < -0.3 is 20.6 Å². The van der Waals surface area contributed by atoms with Gasteiger partial charge in [0.1, 0.15) is 11.3 Å². The summed E-state index contributed by atoms with van der Waals surface area (Å²) in [6.07, 6.45) is 2.35. The molecular formula is C20H22BrCuN2O6. The van der Waals surface area contributed by atoms with Crippen molar-refractivity contribution in [1.82, 2.24) is 0 Å². The molecule has 10 heteroatoms. The van der Waals surface area contributed by atoms with Gasteiger partial charge >= 0.3 is 23.0 Å². The zero-order chi connectivity index (χ0) is 21.1. The Balaban J connectivity index is 0.000000207. The summed E-state index contributed by atoms with van der Waals surface area (Å²) in [5, 5.41) is 44.9. The maximum Gasteiger partial charge on any atom is 1.00 e. The first-order valence-electron chi connectivity index (χ1n) is 9.43. The zero-order valence-electron chi connectivity index (χ0n) is 15.9. The van der Waals surface area contributed by atoms with Gasteiger partial charge in [-0.2, -0.15) is 0 Å². The first kappa shape index (κ1) is 24.6. The Hall–Kier alpha value is -1.71.